The Kier molecular flexibility index (Phi) is 5.07. The van der Waals surface area contributed by atoms with Crippen LogP contribution in [0.2, 0.25) is 0 Å². The van der Waals surface area contributed by atoms with Crippen LogP contribution < -0.4 is 0 Å². The zero-order chi connectivity index (χ0) is 13.7. The van der Waals surface area contributed by atoms with E-state index in [9.17, 15) is 4.79 Å². The summed E-state index contributed by atoms with van der Waals surface area (Å²) in [6.07, 6.45) is 1.61. The summed E-state index contributed by atoms with van der Waals surface area (Å²) >= 11 is 7.12. The summed E-state index contributed by atoms with van der Waals surface area (Å²) in [7, 11) is 1.66. The van der Waals surface area contributed by atoms with Crippen molar-refractivity contribution >= 4 is 28.2 Å². The maximum absolute atomic E-state index is 11.4. The monoisotopic (exact) mass is 295 g/mol. The highest BCUT2D eigenvalue weighted by Crippen LogP contribution is 2.29. The molecule has 1 aromatic carbocycles. The Hall–Kier alpha value is -1.23. The molecule has 0 N–H and O–H groups in total. The second kappa shape index (κ2) is 6.80. The molecule has 19 heavy (non-hydrogen) atoms. The van der Waals surface area contributed by atoms with Crippen LogP contribution in [0.5, 0.6) is 0 Å². The van der Waals surface area contributed by atoms with Crippen molar-refractivity contribution in [1.82, 2.24) is 4.98 Å². The number of halogens is 1. The van der Waals surface area contributed by atoms with Crippen LogP contribution in [-0.4, -0.2) is 23.9 Å². The van der Waals surface area contributed by atoms with E-state index in [4.69, 9.17) is 16.3 Å². The second-order valence-corrected chi connectivity index (χ2v) is 5.45. The number of rotatable bonds is 6. The fourth-order valence-electron chi connectivity index (χ4n) is 1.76. The maximum Gasteiger partial charge on any atom is 0.272 e. The van der Waals surface area contributed by atoms with Crippen molar-refractivity contribution in [2.75, 3.05) is 13.7 Å². The van der Waals surface area contributed by atoms with Crippen molar-refractivity contribution in [3.63, 3.8) is 0 Å². The fraction of sp³-hybridized carbons (Fsp3) is 0.286. The highest BCUT2D eigenvalue weighted by Gasteiger charge is 2.16. The molecule has 1 aromatic heterocycles. The third-order valence-electron chi connectivity index (χ3n) is 2.66. The van der Waals surface area contributed by atoms with Gasteiger partial charge in [-0.25, -0.2) is 4.98 Å². The zero-order valence-electron chi connectivity index (χ0n) is 10.6. The molecular weight excluding hydrogens is 282 g/mol. The number of ether oxygens (including phenoxy) is 1. The largest absolute Gasteiger partial charge is 0.385 e. The van der Waals surface area contributed by atoms with E-state index in [1.165, 1.54) is 11.3 Å². The quantitative estimate of drug-likeness (QED) is 0.601. The molecule has 0 unspecified atom stereocenters. The molecule has 2 rings (SSSR count). The van der Waals surface area contributed by atoms with Gasteiger partial charge in [-0.3, -0.25) is 4.79 Å². The maximum atomic E-state index is 11.4. The topological polar surface area (TPSA) is 39.2 Å². The molecule has 100 valence electrons. The highest BCUT2D eigenvalue weighted by molar-refractivity contribution is 7.15. The van der Waals surface area contributed by atoms with Gasteiger partial charge in [-0.05, 0) is 24.4 Å². The van der Waals surface area contributed by atoms with Crippen LogP contribution in [0.1, 0.15) is 21.8 Å². The van der Waals surface area contributed by atoms with Crippen LogP contribution in [0, 0.1) is 0 Å². The molecule has 2 aromatic rings. The number of aryl methyl sites for hydroxylation is 1. The Bertz CT molecular complexity index is 554. The van der Waals surface area contributed by atoms with Gasteiger partial charge in [-0.15, -0.1) is 11.3 Å². The van der Waals surface area contributed by atoms with E-state index < -0.39 is 5.24 Å². The number of benzene rings is 1. The van der Waals surface area contributed by atoms with Crippen molar-refractivity contribution in [1.29, 1.82) is 0 Å². The number of hydrogen-bond acceptors (Lipinski definition) is 4. The SMILES string of the molecule is COCCCc1sc(-c2ccccc2)nc1C(=O)Cl. The lowest BCUT2D eigenvalue weighted by molar-refractivity contribution is 0.107. The van der Waals surface area contributed by atoms with Gasteiger partial charge in [0.15, 0.2) is 0 Å². The Balaban J connectivity index is 2.27. The predicted octanol–water partition coefficient (Wildman–Crippen LogP) is 3.77. The summed E-state index contributed by atoms with van der Waals surface area (Å²) in [5.74, 6) is 0. The van der Waals surface area contributed by atoms with Gasteiger partial charge in [0.25, 0.3) is 5.24 Å². The van der Waals surface area contributed by atoms with Gasteiger partial charge in [0, 0.05) is 24.2 Å². The first kappa shape index (κ1) is 14.2. The van der Waals surface area contributed by atoms with Crippen molar-refractivity contribution in [2.24, 2.45) is 0 Å². The van der Waals surface area contributed by atoms with Gasteiger partial charge >= 0.3 is 0 Å². The number of hydrogen-bond donors (Lipinski definition) is 0. The molecule has 5 heteroatoms. The minimum Gasteiger partial charge on any atom is -0.385 e. The third-order valence-corrected chi connectivity index (χ3v) is 4.00. The van der Waals surface area contributed by atoms with Crippen molar-refractivity contribution in [3.8, 4) is 10.6 Å². The lowest BCUT2D eigenvalue weighted by atomic mass is 10.2. The molecule has 0 amide bonds. The van der Waals surface area contributed by atoms with Crippen LogP contribution in [0.15, 0.2) is 30.3 Å². The van der Waals surface area contributed by atoms with Gasteiger partial charge in [0.1, 0.15) is 10.7 Å². The number of carbonyl (C=O) groups is 1. The normalized spacial score (nSPS) is 10.6. The Labute approximate surface area is 121 Å². The van der Waals surface area contributed by atoms with Gasteiger partial charge in [-0.1, -0.05) is 30.3 Å². The molecule has 3 nitrogen and oxygen atoms in total. The van der Waals surface area contributed by atoms with E-state index in [0.717, 1.165) is 28.3 Å². The Morgan fingerprint density at radius 3 is 2.74 bits per heavy atom. The third kappa shape index (κ3) is 3.62. The van der Waals surface area contributed by atoms with E-state index in [0.29, 0.717) is 12.3 Å². The smallest absolute Gasteiger partial charge is 0.272 e. The molecule has 1 heterocycles. The van der Waals surface area contributed by atoms with Gasteiger partial charge < -0.3 is 4.74 Å². The highest BCUT2D eigenvalue weighted by atomic mass is 35.5. The lowest BCUT2D eigenvalue weighted by Crippen LogP contribution is -1.97. The second-order valence-electron chi connectivity index (χ2n) is 4.03. The number of methoxy groups -OCH3 is 1. The molecule has 0 aliphatic carbocycles. The van der Waals surface area contributed by atoms with Gasteiger partial charge in [0.2, 0.25) is 0 Å². The summed E-state index contributed by atoms with van der Waals surface area (Å²) < 4.78 is 5.02. The average Bonchev–Trinajstić information content (AvgIpc) is 2.84. The number of aromatic nitrogens is 1. The van der Waals surface area contributed by atoms with Crippen LogP contribution in [0.4, 0.5) is 0 Å². The van der Waals surface area contributed by atoms with E-state index in [1.54, 1.807) is 7.11 Å². The fourth-order valence-corrected chi connectivity index (χ4v) is 3.07. The summed E-state index contributed by atoms with van der Waals surface area (Å²) in [6, 6.07) is 9.79. The van der Waals surface area contributed by atoms with Crippen LogP contribution in [0.25, 0.3) is 10.6 Å². The van der Waals surface area contributed by atoms with Gasteiger partial charge in [0.05, 0.1) is 0 Å². The first-order valence-corrected chi connectivity index (χ1v) is 7.15. The van der Waals surface area contributed by atoms with E-state index in [2.05, 4.69) is 4.98 Å². The average molecular weight is 296 g/mol. The molecule has 0 saturated heterocycles. The van der Waals surface area contributed by atoms with E-state index >= 15 is 0 Å². The molecule has 0 fully saturated rings. The Morgan fingerprint density at radius 1 is 1.37 bits per heavy atom. The molecule has 0 saturated carbocycles. The van der Waals surface area contributed by atoms with E-state index in [-0.39, 0.29) is 0 Å². The first-order valence-electron chi connectivity index (χ1n) is 5.96. The molecule has 0 bridgehead atoms. The summed E-state index contributed by atoms with van der Waals surface area (Å²) in [5.41, 5.74) is 1.38. The standard InChI is InChI=1S/C14H14ClNO2S/c1-18-9-5-8-11-12(13(15)17)16-14(19-11)10-6-3-2-4-7-10/h2-4,6-7H,5,8-9H2,1H3. The molecule has 0 radical (unpaired) electrons. The van der Waals surface area contributed by atoms with Crippen LogP contribution in [-0.2, 0) is 11.2 Å². The zero-order valence-corrected chi connectivity index (χ0v) is 12.1. The number of carbonyl (C=O) groups excluding carboxylic acids is 1. The molecule has 0 atom stereocenters. The van der Waals surface area contributed by atoms with Crippen LogP contribution in [0.3, 0.4) is 0 Å². The predicted molar refractivity (Wildman–Crippen MR) is 77.9 cm³/mol. The van der Waals surface area contributed by atoms with Crippen LogP contribution >= 0.6 is 22.9 Å². The van der Waals surface area contributed by atoms with Crippen molar-refractivity contribution in [2.45, 2.75) is 12.8 Å². The molecule has 0 spiro atoms. The molecular formula is C14H14ClNO2S. The summed E-state index contributed by atoms with van der Waals surface area (Å²) in [5, 5.41) is 0.336. The lowest BCUT2D eigenvalue weighted by Gasteiger charge is -1.97. The summed E-state index contributed by atoms with van der Waals surface area (Å²) in [6.45, 7) is 0.661. The Morgan fingerprint density at radius 2 is 2.11 bits per heavy atom. The van der Waals surface area contributed by atoms with Crippen molar-refractivity contribution in [3.05, 3.63) is 40.9 Å². The van der Waals surface area contributed by atoms with E-state index in [1.807, 2.05) is 30.3 Å². The summed E-state index contributed by atoms with van der Waals surface area (Å²) in [4.78, 5) is 16.7. The minimum atomic E-state index is -0.495. The van der Waals surface area contributed by atoms with Gasteiger partial charge in [-0.2, -0.15) is 0 Å². The number of nitrogens with zero attached hydrogens (tertiary/aromatic N) is 1. The first-order chi connectivity index (χ1) is 9.22. The number of thiazole rings is 1. The minimum absolute atomic E-state index is 0.377. The molecule has 0 aliphatic heterocycles. The van der Waals surface area contributed by atoms with Crippen molar-refractivity contribution < 1.29 is 9.53 Å². The molecule has 0 aliphatic rings.